The first-order chi connectivity index (χ1) is 8.74. The number of hydrogen-bond donors (Lipinski definition) is 0. The van der Waals surface area contributed by atoms with Crippen LogP contribution in [0.2, 0.25) is 0 Å². The summed E-state index contributed by atoms with van der Waals surface area (Å²) in [4.78, 5) is 14.2. The molecule has 0 bridgehead atoms. The number of hydrogen-bond acceptors (Lipinski definition) is 2. The summed E-state index contributed by atoms with van der Waals surface area (Å²) >= 11 is 0. The second kappa shape index (κ2) is 5.68. The van der Waals surface area contributed by atoms with Gasteiger partial charge in [0.15, 0.2) is 0 Å². The lowest BCUT2D eigenvalue weighted by Gasteiger charge is -2.31. The Labute approximate surface area is 108 Å². The molecule has 1 aliphatic rings. The summed E-state index contributed by atoms with van der Waals surface area (Å²) in [5, 5.41) is 8.74. The van der Waals surface area contributed by atoms with Crippen molar-refractivity contribution >= 4 is 5.91 Å². The fourth-order valence-corrected chi connectivity index (χ4v) is 2.21. The molecule has 3 nitrogen and oxygen atoms in total. The minimum Gasteiger partial charge on any atom is -0.339 e. The standard InChI is InChI=1S/C15H18N2O/c1-2-17(11-13-4-3-5-13)15(18)14-8-6-12(10-16)7-9-14/h6-9,13H,2-5,11H2,1H3. The van der Waals surface area contributed by atoms with E-state index in [2.05, 4.69) is 6.07 Å². The van der Waals surface area contributed by atoms with Crippen LogP contribution in [0, 0.1) is 17.2 Å². The number of nitrogens with zero attached hydrogens (tertiary/aromatic N) is 2. The summed E-state index contributed by atoms with van der Waals surface area (Å²) in [5.74, 6) is 0.765. The molecule has 0 unspecified atom stereocenters. The smallest absolute Gasteiger partial charge is 0.253 e. The molecule has 0 saturated heterocycles. The van der Waals surface area contributed by atoms with Crippen molar-refractivity contribution in [3.63, 3.8) is 0 Å². The van der Waals surface area contributed by atoms with Crippen LogP contribution in [0.25, 0.3) is 0 Å². The van der Waals surface area contributed by atoms with Gasteiger partial charge in [0.1, 0.15) is 0 Å². The number of benzene rings is 1. The van der Waals surface area contributed by atoms with Gasteiger partial charge in [0.2, 0.25) is 0 Å². The molecule has 0 N–H and O–H groups in total. The van der Waals surface area contributed by atoms with E-state index in [9.17, 15) is 4.79 Å². The first-order valence-corrected chi connectivity index (χ1v) is 6.54. The highest BCUT2D eigenvalue weighted by Gasteiger charge is 2.23. The molecule has 1 saturated carbocycles. The van der Waals surface area contributed by atoms with Gasteiger partial charge in [0.25, 0.3) is 5.91 Å². The van der Waals surface area contributed by atoms with Gasteiger partial charge in [-0.15, -0.1) is 0 Å². The molecule has 1 amide bonds. The zero-order chi connectivity index (χ0) is 13.0. The van der Waals surface area contributed by atoms with Gasteiger partial charge in [-0.3, -0.25) is 4.79 Å². The van der Waals surface area contributed by atoms with Crippen LogP contribution in [0.3, 0.4) is 0 Å². The Balaban J connectivity index is 2.04. The summed E-state index contributed by atoms with van der Waals surface area (Å²) in [6, 6.07) is 8.94. The van der Waals surface area contributed by atoms with Crippen LogP contribution < -0.4 is 0 Å². The molecule has 1 aliphatic carbocycles. The van der Waals surface area contributed by atoms with Crippen LogP contribution in [0.1, 0.15) is 42.1 Å². The number of nitriles is 1. The third-order valence-electron chi connectivity index (χ3n) is 3.63. The summed E-state index contributed by atoms with van der Waals surface area (Å²) < 4.78 is 0. The molecule has 1 aromatic rings. The van der Waals surface area contributed by atoms with E-state index >= 15 is 0 Å². The third-order valence-corrected chi connectivity index (χ3v) is 3.63. The van der Waals surface area contributed by atoms with Crippen molar-refractivity contribution in [2.45, 2.75) is 26.2 Å². The van der Waals surface area contributed by atoms with Crippen LogP contribution in [0.5, 0.6) is 0 Å². The van der Waals surface area contributed by atoms with Gasteiger partial charge in [-0.25, -0.2) is 0 Å². The number of carbonyl (C=O) groups is 1. The van der Waals surface area contributed by atoms with Gasteiger partial charge in [-0.05, 0) is 49.9 Å². The topological polar surface area (TPSA) is 44.1 Å². The quantitative estimate of drug-likeness (QED) is 0.815. The van der Waals surface area contributed by atoms with Crippen molar-refractivity contribution in [1.29, 1.82) is 5.26 Å². The zero-order valence-corrected chi connectivity index (χ0v) is 10.7. The molecule has 1 aromatic carbocycles. The first-order valence-electron chi connectivity index (χ1n) is 6.54. The van der Waals surface area contributed by atoms with Crippen molar-refractivity contribution in [3.8, 4) is 6.07 Å². The van der Waals surface area contributed by atoms with Gasteiger partial charge in [-0.2, -0.15) is 5.26 Å². The van der Waals surface area contributed by atoms with E-state index in [1.54, 1.807) is 24.3 Å². The van der Waals surface area contributed by atoms with Crippen LogP contribution in [0.4, 0.5) is 0 Å². The molecule has 0 aliphatic heterocycles. The molecule has 0 aromatic heterocycles. The summed E-state index contributed by atoms with van der Waals surface area (Å²) in [5.41, 5.74) is 1.27. The van der Waals surface area contributed by atoms with Crippen molar-refractivity contribution in [2.24, 2.45) is 5.92 Å². The fourth-order valence-electron chi connectivity index (χ4n) is 2.21. The molecule has 0 spiro atoms. The molecule has 94 valence electrons. The average Bonchev–Trinajstić information content (AvgIpc) is 2.37. The maximum Gasteiger partial charge on any atom is 0.253 e. The first kappa shape index (κ1) is 12.6. The lowest BCUT2D eigenvalue weighted by atomic mass is 9.85. The fraction of sp³-hybridized carbons (Fsp3) is 0.467. The van der Waals surface area contributed by atoms with E-state index in [1.807, 2.05) is 11.8 Å². The molecule has 1 fully saturated rings. The zero-order valence-electron chi connectivity index (χ0n) is 10.7. The van der Waals surface area contributed by atoms with Gasteiger partial charge >= 0.3 is 0 Å². The van der Waals surface area contributed by atoms with E-state index < -0.39 is 0 Å². The second-order valence-electron chi connectivity index (χ2n) is 4.83. The van der Waals surface area contributed by atoms with Crippen molar-refractivity contribution < 1.29 is 4.79 Å². The second-order valence-corrected chi connectivity index (χ2v) is 4.83. The predicted octanol–water partition coefficient (Wildman–Crippen LogP) is 2.82. The third kappa shape index (κ3) is 2.70. The monoisotopic (exact) mass is 242 g/mol. The minimum atomic E-state index is 0.0777. The Morgan fingerprint density at radius 1 is 1.39 bits per heavy atom. The van der Waals surface area contributed by atoms with E-state index in [1.165, 1.54) is 19.3 Å². The summed E-state index contributed by atoms with van der Waals surface area (Å²) in [6.07, 6.45) is 3.79. The van der Waals surface area contributed by atoms with Crippen molar-refractivity contribution in [2.75, 3.05) is 13.1 Å². The van der Waals surface area contributed by atoms with Gasteiger partial charge in [0, 0.05) is 18.7 Å². The average molecular weight is 242 g/mol. The highest BCUT2D eigenvalue weighted by atomic mass is 16.2. The predicted molar refractivity (Wildman–Crippen MR) is 70.1 cm³/mol. The van der Waals surface area contributed by atoms with Gasteiger partial charge in [-0.1, -0.05) is 6.42 Å². The van der Waals surface area contributed by atoms with Crippen LogP contribution in [-0.2, 0) is 0 Å². The minimum absolute atomic E-state index is 0.0777. The van der Waals surface area contributed by atoms with E-state index in [0.29, 0.717) is 17.0 Å². The maximum absolute atomic E-state index is 12.3. The van der Waals surface area contributed by atoms with E-state index in [0.717, 1.165) is 13.1 Å². The number of rotatable bonds is 4. The Kier molecular flexibility index (Phi) is 3.99. The normalized spacial score (nSPS) is 14.7. The largest absolute Gasteiger partial charge is 0.339 e. The Morgan fingerprint density at radius 3 is 2.50 bits per heavy atom. The Bertz CT molecular complexity index is 454. The molecule has 2 rings (SSSR count). The van der Waals surface area contributed by atoms with Crippen molar-refractivity contribution in [1.82, 2.24) is 4.90 Å². The number of carbonyl (C=O) groups excluding carboxylic acids is 1. The molecular weight excluding hydrogens is 224 g/mol. The lowest BCUT2D eigenvalue weighted by molar-refractivity contribution is 0.0706. The van der Waals surface area contributed by atoms with Crippen molar-refractivity contribution in [3.05, 3.63) is 35.4 Å². The molecule has 0 atom stereocenters. The van der Waals surface area contributed by atoms with Gasteiger partial charge < -0.3 is 4.90 Å². The van der Waals surface area contributed by atoms with Crippen LogP contribution in [-0.4, -0.2) is 23.9 Å². The molecule has 0 heterocycles. The van der Waals surface area contributed by atoms with Gasteiger partial charge in [0.05, 0.1) is 11.6 Å². The van der Waals surface area contributed by atoms with Crippen LogP contribution in [0.15, 0.2) is 24.3 Å². The van der Waals surface area contributed by atoms with E-state index in [-0.39, 0.29) is 5.91 Å². The molecule has 18 heavy (non-hydrogen) atoms. The highest BCUT2D eigenvalue weighted by Crippen LogP contribution is 2.27. The summed E-state index contributed by atoms with van der Waals surface area (Å²) in [6.45, 7) is 3.63. The number of amides is 1. The summed E-state index contributed by atoms with van der Waals surface area (Å²) in [7, 11) is 0. The molecule has 3 heteroatoms. The Morgan fingerprint density at radius 2 is 2.06 bits per heavy atom. The maximum atomic E-state index is 12.3. The Hall–Kier alpha value is -1.82. The molecular formula is C15H18N2O. The lowest BCUT2D eigenvalue weighted by Crippen LogP contribution is -2.37. The highest BCUT2D eigenvalue weighted by molar-refractivity contribution is 5.94. The molecule has 0 radical (unpaired) electrons. The van der Waals surface area contributed by atoms with E-state index in [4.69, 9.17) is 5.26 Å². The SMILES string of the molecule is CCN(CC1CCC1)C(=O)c1ccc(C#N)cc1. The van der Waals surface area contributed by atoms with Crippen LogP contribution >= 0.6 is 0 Å².